The zero-order valence-corrected chi connectivity index (χ0v) is 15.5. The molecule has 0 aromatic heterocycles. The Bertz CT molecular complexity index is 678. The van der Waals surface area contributed by atoms with Gasteiger partial charge >= 0.3 is 0 Å². The third-order valence-corrected chi connectivity index (χ3v) is 5.25. The molecular weight excluding hydrogens is 342 g/mol. The van der Waals surface area contributed by atoms with Gasteiger partial charge in [0.05, 0.1) is 11.6 Å². The van der Waals surface area contributed by atoms with Gasteiger partial charge in [0, 0.05) is 23.8 Å². The van der Waals surface area contributed by atoms with Crippen LogP contribution in [0, 0.1) is 5.92 Å². The van der Waals surface area contributed by atoms with E-state index in [9.17, 15) is 4.79 Å². The molecule has 24 heavy (non-hydrogen) atoms. The van der Waals surface area contributed by atoms with Crippen molar-refractivity contribution < 1.29 is 4.79 Å². The molecule has 1 atom stereocenters. The highest BCUT2D eigenvalue weighted by Crippen LogP contribution is 2.30. The van der Waals surface area contributed by atoms with Crippen molar-refractivity contribution in [2.24, 2.45) is 5.92 Å². The summed E-state index contributed by atoms with van der Waals surface area (Å²) in [6, 6.07) is 7.30. The summed E-state index contributed by atoms with van der Waals surface area (Å²) in [5.74, 6) is 0.772. The molecule has 1 amide bonds. The van der Waals surface area contributed by atoms with Crippen LogP contribution in [0.2, 0.25) is 5.02 Å². The lowest BCUT2D eigenvalue weighted by Gasteiger charge is -2.36. The third-order valence-electron chi connectivity index (χ3n) is 4.77. The predicted octanol–water partition coefficient (Wildman–Crippen LogP) is 3.39. The van der Waals surface area contributed by atoms with Crippen LogP contribution >= 0.6 is 23.8 Å². The molecule has 2 aliphatic heterocycles. The van der Waals surface area contributed by atoms with Crippen LogP contribution in [-0.2, 0) is 4.79 Å². The second-order valence-corrected chi connectivity index (χ2v) is 7.44. The van der Waals surface area contributed by atoms with Crippen LogP contribution in [0.5, 0.6) is 0 Å². The van der Waals surface area contributed by atoms with Crippen molar-refractivity contribution in [3.05, 3.63) is 46.1 Å². The van der Waals surface area contributed by atoms with Gasteiger partial charge in [-0.25, -0.2) is 0 Å². The van der Waals surface area contributed by atoms with E-state index in [4.69, 9.17) is 23.8 Å². The van der Waals surface area contributed by atoms with Crippen LogP contribution in [0.25, 0.3) is 0 Å². The molecule has 1 aromatic rings. The molecule has 1 fully saturated rings. The quantitative estimate of drug-likeness (QED) is 0.790. The van der Waals surface area contributed by atoms with E-state index >= 15 is 0 Å². The first-order valence-electron chi connectivity index (χ1n) is 8.28. The Kier molecular flexibility index (Phi) is 5.11. The largest absolute Gasteiger partial charge is 0.351 e. The van der Waals surface area contributed by atoms with Crippen LogP contribution in [0.4, 0.5) is 0 Å². The molecule has 2 aliphatic rings. The lowest BCUT2D eigenvalue weighted by Crippen LogP contribution is -2.48. The number of piperidine rings is 1. The number of rotatable bonds is 2. The lowest BCUT2D eigenvalue weighted by molar-refractivity contribution is -0.128. The zero-order chi connectivity index (χ0) is 17.3. The number of benzene rings is 1. The fourth-order valence-electron chi connectivity index (χ4n) is 3.26. The first kappa shape index (κ1) is 17.2. The summed E-state index contributed by atoms with van der Waals surface area (Å²) in [6.45, 7) is 5.78. The number of carbonyl (C=O) groups excluding carboxylic acids is 1. The van der Waals surface area contributed by atoms with Gasteiger partial charge in [-0.1, -0.05) is 30.7 Å². The molecule has 2 N–H and O–H groups in total. The number of nitrogens with one attached hydrogen (secondary N) is 2. The molecule has 128 valence electrons. The van der Waals surface area contributed by atoms with Gasteiger partial charge in [0.15, 0.2) is 5.11 Å². The minimum absolute atomic E-state index is 0.0850. The van der Waals surface area contributed by atoms with Crippen molar-refractivity contribution in [1.82, 2.24) is 15.5 Å². The lowest BCUT2D eigenvalue weighted by atomic mass is 9.93. The van der Waals surface area contributed by atoms with E-state index in [-0.39, 0.29) is 11.9 Å². The second kappa shape index (κ2) is 7.11. The van der Waals surface area contributed by atoms with Crippen molar-refractivity contribution in [1.29, 1.82) is 0 Å². The number of allylic oxidation sites excluding steroid dienone is 1. The van der Waals surface area contributed by atoms with E-state index in [2.05, 4.69) is 17.6 Å². The first-order chi connectivity index (χ1) is 11.5. The third kappa shape index (κ3) is 3.57. The number of hydrogen-bond acceptors (Lipinski definition) is 2. The highest BCUT2D eigenvalue weighted by molar-refractivity contribution is 7.80. The van der Waals surface area contributed by atoms with Crippen molar-refractivity contribution in [3.63, 3.8) is 0 Å². The molecule has 0 spiro atoms. The zero-order valence-electron chi connectivity index (χ0n) is 13.9. The predicted molar refractivity (Wildman–Crippen MR) is 101 cm³/mol. The molecule has 0 saturated carbocycles. The molecule has 0 radical (unpaired) electrons. The van der Waals surface area contributed by atoms with Gasteiger partial charge in [0.1, 0.15) is 0 Å². The maximum atomic E-state index is 13.1. The molecule has 1 unspecified atom stereocenters. The summed E-state index contributed by atoms with van der Waals surface area (Å²) in [4.78, 5) is 15.1. The van der Waals surface area contributed by atoms with Crippen LogP contribution in [-0.4, -0.2) is 29.0 Å². The van der Waals surface area contributed by atoms with Crippen molar-refractivity contribution in [2.75, 3.05) is 13.1 Å². The number of amides is 1. The smallest absolute Gasteiger partial charge is 0.253 e. The molecular formula is C18H22ClN3OS. The Morgan fingerprint density at radius 2 is 1.88 bits per heavy atom. The Morgan fingerprint density at radius 1 is 1.25 bits per heavy atom. The highest BCUT2D eigenvalue weighted by atomic mass is 35.5. The number of carbonyl (C=O) groups is 1. The SMILES string of the molecule is CC1=C(C(=O)N2CCC(C)CC2)C(c2ccc(Cl)cc2)NC(=S)N1. The van der Waals surface area contributed by atoms with Crippen LogP contribution in [0.1, 0.15) is 38.3 Å². The van der Waals surface area contributed by atoms with Gasteiger partial charge in [-0.15, -0.1) is 0 Å². The molecule has 6 heteroatoms. The second-order valence-electron chi connectivity index (χ2n) is 6.60. The van der Waals surface area contributed by atoms with Crippen molar-refractivity contribution >= 4 is 34.8 Å². The van der Waals surface area contributed by atoms with E-state index in [1.165, 1.54) is 0 Å². The van der Waals surface area contributed by atoms with Gasteiger partial charge in [-0.05, 0) is 55.6 Å². The minimum atomic E-state index is -0.247. The molecule has 0 bridgehead atoms. The maximum Gasteiger partial charge on any atom is 0.253 e. The fraction of sp³-hybridized carbons (Fsp3) is 0.444. The number of nitrogens with zero attached hydrogens (tertiary/aromatic N) is 1. The van der Waals surface area contributed by atoms with Crippen molar-refractivity contribution in [2.45, 2.75) is 32.7 Å². The summed E-state index contributed by atoms with van der Waals surface area (Å²) in [5.41, 5.74) is 2.54. The summed E-state index contributed by atoms with van der Waals surface area (Å²) in [6.07, 6.45) is 2.12. The van der Waals surface area contributed by atoms with E-state index < -0.39 is 0 Å². The summed E-state index contributed by atoms with van der Waals surface area (Å²) in [5, 5.41) is 7.54. The number of thiocarbonyl (C=S) groups is 1. The molecule has 4 nitrogen and oxygen atoms in total. The maximum absolute atomic E-state index is 13.1. The number of hydrogen-bond donors (Lipinski definition) is 2. The van der Waals surface area contributed by atoms with E-state index in [0.29, 0.717) is 16.1 Å². The summed E-state index contributed by atoms with van der Waals surface area (Å²) < 4.78 is 0. The average Bonchev–Trinajstić information content (AvgIpc) is 2.55. The van der Waals surface area contributed by atoms with Gasteiger partial charge in [-0.2, -0.15) is 0 Å². The van der Waals surface area contributed by atoms with E-state index in [1.807, 2.05) is 36.1 Å². The Morgan fingerprint density at radius 3 is 2.50 bits per heavy atom. The summed E-state index contributed by atoms with van der Waals surface area (Å²) in [7, 11) is 0. The Hall–Kier alpha value is -1.59. The molecule has 3 rings (SSSR count). The van der Waals surface area contributed by atoms with Gasteiger partial charge in [0.2, 0.25) is 0 Å². The molecule has 1 aromatic carbocycles. The molecule has 2 heterocycles. The molecule has 1 saturated heterocycles. The van der Waals surface area contributed by atoms with E-state index in [1.54, 1.807) is 0 Å². The van der Waals surface area contributed by atoms with Gasteiger partial charge in [0.25, 0.3) is 5.91 Å². The Balaban J connectivity index is 1.91. The monoisotopic (exact) mass is 363 g/mol. The minimum Gasteiger partial charge on any atom is -0.351 e. The van der Waals surface area contributed by atoms with Crippen LogP contribution in [0.15, 0.2) is 35.5 Å². The van der Waals surface area contributed by atoms with E-state index in [0.717, 1.165) is 42.8 Å². The standard InChI is InChI=1S/C18H22ClN3OS/c1-11-7-9-22(10-8-11)17(23)15-12(2)20-18(24)21-16(15)13-3-5-14(19)6-4-13/h3-6,11,16H,7-10H2,1-2H3,(H2,20,21,24). The highest BCUT2D eigenvalue weighted by Gasteiger charge is 2.33. The fourth-order valence-corrected chi connectivity index (χ4v) is 3.66. The number of halogens is 1. The molecule has 0 aliphatic carbocycles. The summed E-state index contributed by atoms with van der Waals surface area (Å²) >= 11 is 11.3. The first-order valence-corrected chi connectivity index (χ1v) is 9.07. The normalized spacial score (nSPS) is 22.2. The number of likely N-dealkylation sites (tertiary alicyclic amines) is 1. The Labute approximate surface area is 153 Å². The average molecular weight is 364 g/mol. The van der Waals surface area contributed by atoms with Crippen LogP contribution < -0.4 is 10.6 Å². The van der Waals surface area contributed by atoms with Gasteiger partial charge < -0.3 is 15.5 Å². The van der Waals surface area contributed by atoms with Gasteiger partial charge in [-0.3, -0.25) is 4.79 Å². The van der Waals surface area contributed by atoms with Crippen molar-refractivity contribution in [3.8, 4) is 0 Å². The van der Waals surface area contributed by atoms with Crippen LogP contribution in [0.3, 0.4) is 0 Å². The topological polar surface area (TPSA) is 44.4 Å².